The average Bonchev–Trinajstić information content (AvgIpc) is 3.36. The van der Waals surface area contributed by atoms with Crippen LogP contribution in [0.2, 0.25) is 5.02 Å². The second-order valence-corrected chi connectivity index (χ2v) is 13.8. The lowest BCUT2D eigenvalue weighted by atomic mass is 9.92. The highest BCUT2D eigenvalue weighted by Gasteiger charge is 2.43. The molecule has 4 aromatic rings. The Kier molecular flexibility index (Phi) is 7.98. The Morgan fingerprint density at radius 3 is 2.60 bits per heavy atom. The summed E-state index contributed by atoms with van der Waals surface area (Å²) >= 11 is 7.86. The third-order valence-corrected chi connectivity index (χ3v) is 10.2. The van der Waals surface area contributed by atoms with Gasteiger partial charge in [-0.25, -0.2) is 14.1 Å². The van der Waals surface area contributed by atoms with Gasteiger partial charge in [-0.15, -0.1) is 11.3 Å². The van der Waals surface area contributed by atoms with E-state index in [1.54, 1.807) is 29.9 Å². The third-order valence-electron chi connectivity index (χ3n) is 7.93. The van der Waals surface area contributed by atoms with Crippen molar-refractivity contribution in [3.8, 4) is 0 Å². The van der Waals surface area contributed by atoms with Gasteiger partial charge in [0.2, 0.25) is 0 Å². The molecule has 1 aliphatic carbocycles. The molecule has 1 saturated heterocycles. The van der Waals surface area contributed by atoms with E-state index in [9.17, 15) is 21.6 Å². The fraction of sp³-hybridized carbons (Fsp3) is 0.310. The summed E-state index contributed by atoms with van der Waals surface area (Å²) in [6, 6.07) is 8.81. The van der Waals surface area contributed by atoms with Crippen LogP contribution >= 0.6 is 22.9 Å². The van der Waals surface area contributed by atoms with Crippen molar-refractivity contribution >= 4 is 44.6 Å². The van der Waals surface area contributed by atoms with E-state index in [4.69, 9.17) is 16.6 Å². The first-order valence-electron chi connectivity index (χ1n) is 14.1. The minimum absolute atomic E-state index is 0.0992. The predicted octanol–water partition coefficient (Wildman–Crippen LogP) is 5.48. The van der Waals surface area contributed by atoms with Gasteiger partial charge in [0.05, 0.1) is 17.4 Å². The largest absolute Gasteiger partial charge is 0.333 e. The number of nitrogens with zero attached hydrogens (tertiary/aromatic N) is 6. The fourth-order valence-corrected chi connectivity index (χ4v) is 8.06. The number of hydrogen-bond acceptors (Lipinski definition) is 8. The number of aromatic nitrogens is 4. The van der Waals surface area contributed by atoms with Gasteiger partial charge in [0.1, 0.15) is 11.9 Å². The molecule has 234 valence electrons. The Bertz CT molecular complexity index is 1880. The molecule has 0 spiro atoms. The molecule has 1 aromatic carbocycles. The van der Waals surface area contributed by atoms with Crippen LogP contribution in [0.25, 0.3) is 5.57 Å². The van der Waals surface area contributed by atoms with Gasteiger partial charge >= 0.3 is 6.55 Å². The zero-order chi connectivity index (χ0) is 31.3. The van der Waals surface area contributed by atoms with Gasteiger partial charge in [-0.05, 0) is 49.1 Å². The molecule has 2 aliphatic heterocycles. The van der Waals surface area contributed by atoms with E-state index in [1.165, 1.54) is 29.5 Å². The maximum Gasteiger partial charge on any atom is 0.333 e. The minimum Gasteiger partial charge on any atom is -0.326 e. The van der Waals surface area contributed by atoms with Crippen LogP contribution in [0.5, 0.6) is 0 Å². The van der Waals surface area contributed by atoms with Crippen molar-refractivity contribution in [2.45, 2.75) is 43.9 Å². The summed E-state index contributed by atoms with van der Waals surface area (Å²) in [5.74, 6) is 0.0662. The number of aliphatic imine (C=N–C) groups is 1. The van der Waals surface area contributed by atoms with Crippen molar-refractivity contribution in [3.05, 3.63) is 105 Å². The maximum absolute atomic E-state index is 14.1. The molecule has 3 aromatic heterocycles. The Balaban J connectivity index is 1.28. The van der Waals surface area contributed by atoms with Gasteiger partial charge in [-0.1, -0.05) is 23.7 Å². The van der Waals surface area contributed by atoms with E-state index < -0.39 is 40.7 Å². The zero-order valence-corrected chi connectivity index (χ0v) is 25.8. The molecule has 5 heterocycles. The topological polar surface area (TPSA) is 117 Å². The summed E-state index contributed by atoms with van der Waals surface area (Å²) in [6.45, 7) is -2.69. The second kappa shape index (κ2) is 11.9. The van der Waals surface area contributed by atoms with Crippen molar-refractivity contribution in [2.24, 2.45) is 10.9 Å². The second-order valence-electron chi connectivity index (χ2n) is 11.0. The molecule has 45 heavy (non-hydrogen) atoms. The van der Waals surface area contributed by atoms with Gasteiger partial charge in [0, 0.05) is 64.8 Å². The SMILES string of the molecule is O=S(=O)(N[C@H]1CC2=C(c3ccn(C(F)F)n3)[C@H](c3ccc(F)cc3Cl)N=C(c3nccs3)N2C1)N[C@H](c1ccccn1)C1CC1. The van der Waals surface area contributed by atoms with E-state index in [0.717, 1.165) is 25.1 Å². The first kappa shape index (κ1) is 30.0. The van der Waals surface area contributed by atoms with Crippen molar-refractivity contribution < 1.29 is 21.6 Å². The number of rotatable bonds is 10. The summed E-state index contributed by atoms with van der Waals surface area (Å²) in [5.41, 5.74) is 2.38. The van der Waals surface area contributed by atoms with E-state index in [0.29, 0.717) is 38.1 Å². The standard InChI is InChI=1S/C29H26ClF3N8O2S2/c30-20-13-17(31)6-7-19(20)26-24(21-8-11-41(37-21)29(32)33)23-14-18(15-40(23)27(36-26)28-35-10-12-44-28)38-45(42,43)39-25(16-4-5-16)22-3-1-2-9-34-22/h1-3,6-13,16,18,25-26,29,38-39H,4-5,14-15H2/t18-,25-,26-/m0/s1. The molecule has 0 bridgehead atoms. The van der Waals surface area contributed by atoms with Crippen LogP contribution in [-0.4, -0.2) is 51.5 Å². The van der Waals surface area contributed by atoms with Crippen molar-refractivity contribution in [2.75, 3.05) is 6.54 Å². The van der Waals surface area contributed by atoms with Gasteiger partial charge in [0.15, 0.2) is 10.8 Å². The number of thiazole rings is 1. The molecule has 10 nitrogen and oxygen atoms in total. The number of fused-ring (bicyclic) bond motifs is 1. The Morgan fingerprint density at radius 1 is 1.09 bits per heavy atom. The lowest BCUT2D eigenvalue weighted by Gasteiger charge is -2.32. The monoisotopic (exact) mass is 674 g/mol. The maximum atomic E-state index is 14.1. The molecular formula is C29H26ClF3N8O2S2. The van der Waals surface area contributed by atoms with E-state index in [-0.39, 0.29) is 29.6 Å². The Hall–Kier alpha value is -3.63. The smallest absolute Gasteiger partial charge is 0.326 e. The third kappa shape index (κ3) is 6.14. The van der Waals surface area contributed by atoms with Crippen LogP contribution in [0.1, 0.15) is 59.9 Å². The summed E-state index contributed by atoms with van der Waals surface area (Å²) in [4.78, 5) is 15.6. The van der Waals surface area contributed by atoms with Crippen molar-refractivity contribution in [1.29, 1.82) is 0 Å². The fourth-order valence-electron chi connectivity index (χ4n) is 5.84. The van der Waals surface area contributed by atoms with Crippen LogP contribution in [0, 0.1) is 11.7 Å². The number of alkyl halides is 2. The number of halogens is 4. The van der Waals surface area contributed by atoms with E-state index in [2.05, 4.69) is 24.5 Å². The van der Waals surface area contributed by atoms with Gasteiger partial charge in [-0.3, -0.25) is 9.98 Å². The summed E-state index contributed by atoms with van der Waals surface area (Å²) in [6.07, 6.45) is 6.40. The molecule has 2 N–H and O–H groups in total. The molecule has 0 radical (unpaired) electrons. The van der Waals surface area contributed by atoms with Gasteiger partial charge < -0.3 is 4.90 Å². The molecule has 1 saturated carbocycles. The number of pyridine rings is 1. The van der Waals surface area contributed by atoms with Gasteiger partial charge in [0.25, 0.3) is 10.2 Å². The lowest BCUT2D eigenvalue weighted by molar-refractivity contribution is 0.0564. The van der Waals surface area contributed by atoms with Gasteiger partial charge in [-0.2, -0.15) is 31.7 Å². The number of nitrogens with one attached hydrogen (secondary N) is 2. The van der Waals surface area contributed by atoms with Crippen LogP contribution in [0.15, 0.2) is 77.1 Å². The summed E-state index contributed by atoms with van der Waals surface area (Å²) < 4.78 is 74.5. The van der Waals surface area contributed by atoms with Crippen LogP contribution in [0.4, 0.5) is 13.2 Å². The summed E-state index contributed by atoms with van der Waals surface area (Å²) in [7, 11) is -4.02. The predicted molar refractivity (Wildman–Crippen MR) is 163 cm³/mol. The molecule has 0 unspecified atom stereocenters. The van der Waals surface area contributed by atoms with Crippen LogP contribution in [0.3, 0.4) is 0 Å². The molecule has 3 aliphatic rings. The molecular weight excluding hydrogens is 649 g/mol. The highest BCUT2D eigenvalue weighted by atomic mass is 35.5. The van der Waals surface area contributed by atoms with Crippen LogP contribution in [-0.2, 0) is 10.2 Å². The minimum atomic E-state index is -4.02. The quantitative estimate of drug-likeness (QED) is 0.230. The van der Waals surface area contributed by atoms with Crippen molar-refractivity contribution in [1.82, 2.24) is 34.1 Å². The van der Waals surface area contributed by atoms with Crippen molar-refractivity contribution in [3.63, 3.8) is 0 Å². The Morgan fingerprint density at radius 2 is 1.93 bits per heavy atom. The average molecular weight is 675 g/mol. The van der Waals surface area contributed by atoms with E-state index >= 15 is 0 Å². The number of hydrogen-bond donors (Lipinski definition) is 2. The van der Waals surface area contributed by atoms with E-state index in [1.807, 2.05) is 11.0 Å². The molecule has 7 rings (SSSR count). The number of amidine groups is 1. The zero-order valence-electron chi connectivity index (χ0n) is 23.4. The molecule has 2 fully saturated rings. The normalized spacial score (nSPS) is 20.9. The highest BCUT2D eigenvalue weighted by molar-refractivity contribution is 7.87. The number of benzene rings is 1. The highest BCUT2D eigenvalue weighted by Crippen LogP contribution is 2.46. The lowest BCUT2D eigenvalue weighted by Crippen LogP contribution is -2.46. The first-order valence-corrected chi connectivity index (χ1v) is 16.9. The Labute approximate surface area is 265 Å². The molecule has 3 atom stereocenters. The molecule has 16 heteroatoms. The van der Waals surface area contributed by atoms with Crippen LogP contribution < -0.4 is 9.44 Å². The molecule has 0 amide bonds. The first-order chi connectivity index (χ1) is 21.7. The summed E-state index contributed by atoms with van der Waals surface area (Å²) in [5, 5.41) is 6.58.